The number of fused-ring (bicyclic) bond motifs is 1. The van der Waals surface area contributed by atoms with E-state index in [4.69, 9.17) is 23.7 Å². The van der Waals surface area contributed by atoms with Gasteiger partial charge < -0.3 is 39.4 Å². The van der Waals surface area contributed by atoms with E-state index in [2.05, 4.69) is 10.6 Å². The molecule has 3 aromatic carbocycles. The van der Waals surface area contributed by atoms with Crippen molar-refractivity contribution in [2.45, 2.75) is 77.0 Å². The number of esters is 1. The van der Waals surface area contributed by atoms with Gasteiger partial charge in [-0.05, 0) is 80.8 Å². The summed E-state index contributed by atoms with van der Waals surface area (Å²) in [5.41, 5.74) is 3.73. The minimum Gasteiger partial charge on any atom is -0.483 e. The average molecular weight is 675 g/mol. The van der Waals surface area contributed by atoms with Gasteiger partial charge in [0.15, 0.2) is 12.9 Å². The molecule has 262 valence electrons. The Morgan fingerprint density at radius 3 is 2.22 bits per heavy atom. The standard InChI is InChI=1S/C38H46N2O9/c1-4-45-36(43)28-17-24(2)35(25(3)18-28)47-23-34(42)39-29(19-26-11-7-5-8-12-26)21-32(41)31(20-27-13-9-6-10-14-27)40-38(44)49-33-22-48-37-30(33)15-16-46-37/h5-14,17-18,29-33,37,41H,4,15-16,19-23H2,1-3H3,(H,39,42)(H,40,44)/t29-,30-,31-,32-,33-,37+/m0/s1. The molecule has 2 aliphatic heterocycles. The highest BCUT2D eigenvalue weighted by atomic mass is 16.7. The van der Waals surface area contributed by atoms with Gasteiger partial charge in [-0.3, -0.25) is 4.79 Å². The highest BCUT2D eigenvalue weighted by Gasteiger charge is 2.44. The van der Waals surface area contributed by atoms with E-state index in [0.717, 1.165) is 17.5 Å². The molecule has 0 saturated carbocycles. The molecule has 3 N–H and O–H groups in total. The maximum absolute atomic E-state index is 13.3. The number of carbonyl (C=O) groups is 3. The summed E-state index contributed by atoms with van der Waals surface area (Å²) < 4.78 is 28.0. The number of carbonyl (C=O) groups excluding carboxylic acids is 3. The van der Waals surface area contributed by atoms with E-state index < -0.39 is 36.4 Å². The fraction of sp³-hybridized carbons (Fsp3) is 0.447. The van der Waals surface area contributed by atoms with Crippen LogP contribution in [0.5, 0.6) is 5.75 Å². The van der Waals surface area contributed by atoms with Gasteiger partial charge in [0.05, 0.1) is 43.4 Å². The van der Waals surface area contributed by atoms with Crippen LogP contribution in [0.4, 0.5) is 4.79 Å². The quantitative estimate of drug-likeness (QED) is 0.200. The Morgan fingerprint density at radius 1 is 0.918 bits per heavy atom. The van der Waals surface area contributed by atoms with Crippen molar-refractivity contribution in [3.8, 4) is 5.75 Å². The molecule has 0 unspecified atom stereocenters. The zero-order chi connectivity index (χ0) is 34.8. The molecule has 0 spiro atoms. The first-order valence-corrected chi connectivity index (χ1v) is 16.9. The Balaban J connectivity index is 1.26. The van der Waals surface area contributed by atoms with E-state index >= 15 is 0 Å². The number of rotatable bonds is 15. The number of benzene rings is 3. The summed E-state index contributed by atoms with van der Waals surface area (Å²) >= 11 is 0. The molecule has 49 heavy (non-hydrogen) atoms. The molecule has 3 aromatic rings. The van der Waals surface area contributed by atoms with Crippen molar-refractivity contribution in [3.05, 3.63) is 101 Å². The molecular formula is C38H46N2O9. The Morgan fingerprint density at radius 2 is 1.57 bits per heavy atom. The summed E-state index contributed by atoms with van der Waals surface area (Å²) in [5, 5.41) is 17.6. The maximum Gasteiger partial charge on any atom is 0.407 e. The van der Waals surface area contributed by atoms with Gasteiger partial charge in [-0.2, -0.15) is 0 Å². The van der Waals surface area contributed by atoms with Gasteiger partial charge in [0, 0.05) is 6.04 Å². The number of alkyl carbamates (subject to hydrolysis) is 1. The Labute approximate surface area is 287 Å². The summed E-state index contributed by atoms with van der Waals surface area (Å²) in [6, 6.07) is 21.4. The summed E-state index contributed by atoms with van der Waals surface area (Å²) in [5.74, 6) is -0.295. The van der Waals surface area contributed by atoms with E-state index in [1.165, 1.54) is 0 Å². The smallest absolute Gasteiger partial charge is 0.407 e. The van der Waals surface area contributed by atoms with Crippen LogP contribution in [0.25, 0.3) is 0 Å². The highest BCUT2D eigenvalue weighted by molar-refractivity contribution is 5.90. The first-order chi connectivity index (χ1) is 23.7. The summed E-state index contributed by atoms with van der Waals surface area (Å²) in [4.78, 5) is 38.7. The van der Waals surface area contributed by atoms with Crippen LogP contribution in [0.15, 0.2) is 72.8 Å². The molecule has 2 fully saturated rings. The number of hydrogen-bond acceptors (Lipinski definition) is 9. The fourth-order valence-corrected chi connectivity index (χ4v) is 6.49. The van der Waals surface area contributed by atoms with Gasteiger partial charge in [0.25, 0.3) is 5.91 Å². The number of aliphatic hydroxyl groups is 1. The molecule has 2 amide bonds. The van der Waals surface area contributed by atoms with Crippen molar-refractivity contribution in [1.82, 2.24) is 10.6 Å². The largest absolute Gasteiger partial charge is 0.483 e. The normalized spacial score (nSPS) is 20.0. The van der Waals surface area contributed by atoms with Crippen LogP contribution in [0.3, 0.4) is 0 Å². The van der Waals surface area contributed by atoms with E-state index in [0.29, 0.717) is 41.9 Å². The molecule has 0 aromatic heterocycles. The van der Waals surface area contributed by atoms with Gasteiger partial charge >= 0.3 is 12.1 Å². The Bertz CT molecular complexity index is 1530. The predicted octanol–water partition coefficient (Wildman–Crippen LogP) is 4.44. The molecule has 2 saturated heterocycles. The monoisotopic (exact) mass is 674 g/mol. The third kappa shape index (κ3) is 10.0. The van der Waals surface area contributed by atoms with Crippen molar-refractivity contribution in [2.75, 3.05) is 26.4 Å². The van der Waals surface area contributed by atoms with Gasteiger partial charge in [-0.15, -0.1) is 0 Å². The first-order valence-electron chi connectivity index (χ1n) is 16.9. The molecule has 11 heteroatoms. The molecule has 6 atom stereocenters. The second-order valence-corrected chi connectivity index (χ2v) is 12.6. The second-order valence-electron chi connectivity index (χ2n) is 12.6. The van der Waals surface area contributed by atoms with Crippen LogP contribution < -0.4 is 15.4 Å². The van der Waals surface area contributed by atoms with Crippen LogP contribution in [-0.4, -0.2) is 80.1 Å². The van der Waals surface area contributed by atoms with Crippen LogP contribution in [0, 0.1) is 19.8 Å². The average Bonchev–Trinajstić information content (AvgIpc) is 3.70. The third-order valence-electron chi connectivity index (χ3n) is 8.84. The molecule has 5 rings (SSSR count). The second kappa shape index (κ2) is 17.3. The molecule has 11 nitrogen and oxygen atoms in total. The van der Waals surface area contributed by atoms with Crippen molar-refractivity contribution in [3.63, 3.8) is 0 Å². The summed E-state index contributed by atoms with van der Waals surface area (Å²) in [6.45, 7) is 6.19. The van der Waals surface area contributed by atoms with Crippen molar-refractivity contribution in [2.24, 2.45) is 5.92 Å². The van der Waals surface area contributed by atoms with E-state index in [1.54, 1.807) is 19.1 Å². The lowest BCUT2D eigenvalue weighted by atomic mass is 9.93. The number of aliphatic hydroxyl groups excluding tert-OH is 1. The molecule has 0 aliphatic carbocycles. The molecular weight excluding hydrogens is 628 g/mol. The topological polar surface area (TPSA) is 142 Å². The minimum atomic E-state index is -1.04. The fourth-order valence-electron chi connectivity index (χ4n) is 6.49. The van der Waals surface area contributed by atoms with Crippen LogP contribution in [-0.2, 0) is 36.6 Å². The lowest BCUT2D eigenvalue weighted by molar-refractivity contribution is -0.124. The zero-order valence-corrected chi connectivity index (χ0v) is 28.3. The van der Waals surface area contributed by atoms with Crippen LogP contribution in [0.1, 0.15) is 52.4 Å². The third-order valence-corrected chi connectivity index (χ3v) is 8.84. The number of amides is 2. The molecule has 2 aliphatic rings. The lowest BCUT2D eigenvalue weighted by Gasteiger charge is -2.29. The predicted molar refractivity (Wildman–Crippen MR) is 181 cm³/mol. The molecule has 2 heterocycles. The maximum atomic E-state index is 13.3. The number of aryl methyl sites for hydroxylation is 2. The minimum absolute atomic E-state index is 0.0148. The van der Waals surface area contributed by atoms with E-state index in [9.17, 15) is 19.5 Å². The van der Waals surface area contributed by atoms with Crippen molar-refractivity contribution < 1.29 is 43.2 Å². The van der Waals surface area contributed by atoms with Gasteiger partial charge in [-0.1, -0.05) is 60.7 Å². The summed E-state index contributed by atoms with van der Waals surface area (Å²) in [7, 11) is 0. The zero-order valence-electron chi connectivity index (χ0n) is 28.3. The Hall–Kier alpha value is -4.45. The van der Waals surface area contributed by atoms with Crippen LogP contribution in [0.2, 0.25) is 0 Å². The SMILES string of the molecule is CCOC(=O)c1cc(C)c(OCC(=O)N[C@@H](Cc2ccccc2)C[C@H](O)[C@H](Cc2ccccc2)NC(=O)O[C@H]2CO[C@H]3OCC[C@H]32)c(C)c1. The lowest BCUT2D eigenvalue weighted by Crippen LogP contribution is -2.50. The molecule has 0 radical (unpaired) electrons. The highest BCUT2D eigenvalue weighted by Crippen LogP contribution is 2.33. The van der Waals surface area contributed by atoms with Crippen molar-refractivity contribution in [1.29, 1.82) is 0 Å². The van der Waals surface area contributed by atoms with E-state index in [1.807, 2.05) is 74.5 Å². The Kier molecular flexibility index (Phi) is 12.6. The van der Waals surface area contributed by atoms with Crippen LogP contribution >= 0.6 is 0 Å². The number of nitrogens with one attached hydrogen (secondary N) is 2. The van der Waals surface area contributed by atoms with Gasteiger partial charge in [0.1, 0.15) is 11.9 Å². The summed E-state index contributed by atoms with van der Waals surface area (Å²) in [6.07, 6.45) is -0.767. The van der Waals surface area contributed by atoms with Crippen molar-refractivity contribution >= 4 is 18.0 Å². The number of hydrogen-bond donors (Lipinski definition) is 3. The van der Waals surface area contributed by atoms with Gasteiger partial charge in [-0.25, -0.2) is 9.59 Å². The van der Waals surface area contributed by atoms with E-state index in [-0.39, 0.29) is 44.4 Å². The van der Waals surface area contributed by atoms with Gasteiger partial charge in [0.2, 0.25) is 0 Å². The molecule has 0 bridgehead atoms. The number of ether oxygens (including phenoxy) is 5. The first kappa shape index (κ1) is 35.8.